The van der Waals surface area contributed by atoms with Crippen molar-refractivity contribution in [3.8, 4) is 0 Å². The van der Waals surface area contributed by atoms with Crippen LogP contribution in [0.2, 0.25) is 0 Å². The lowest BCUT2D eigenvalue weighted by molar-refractivity contribution is -0.121. The van der Waals surface area contributed by atoms with E-state index in [-0.39, 0.29) is 11.4 Å². The number of hydrogen-bond donors (Lipinski definition) is 2. The van der Waals surface area contributed by atoms with Gasteiger partial charge in [-0.15, -0.1) is 0 Å². The molecule has 0 aliphatic heterocycles. The van der Waals surface area contributed by atoms with E-state index in [0.29, 0.717) is 12.5 Å². The number of nitrogens with one attached hydrogen (secondary N) is 1. The molecule has 0 heterocycles. The summed E-state index contributed by atoms with van der Waals surface area (Å²) in [4.78, 5) is 11.6. The molecule has 0 unspecified atom stereocenters. The summed E-state index contributed by atoms with van der Waals surface area (Å²) in [5.41, 5.74) is 8.55. The van der Waals surface area contributed by atoms with Crippen LogP contribution in [-0.4, -0.2) is 11.9 Å². The van der Waals surface area contributed by atoms with E-state index < -0.39 is 0 Å². The third kappa shape index (κ3) is 2.72. The molecule has 0 aromatic heterocycles. The van der Waals surface area contributed by atoms with Crippen LogP contribution in [0.3, 0.4) is 0 Å². The van der Waals surface area contributed by atoms with Crippen LogP contribution >= 0.6 is 0 Å². The molecule has 2 aliphatic rings. The minimum atomic E-state index is -0.0771. The quantitative estimate of drug-likeness (QED) is 0.830. The summed E-state index contributed by atoms with van der Waals surface area (Å²) in [5.74, 6) is 0.178. The van der Waals surface area contributed by atoms with Crippen LogP contribution in [0.15, 0.2) is 24.3 Å². The van der Waals surface area contributed by atoms with E-state index in [2.05, 4.69) is 29.6 Å². The number of amides is 1. The van der Waals surface area contributed by atoms with Crippen molar-refractivity contribution >= 4 is 5.91 Å². The first-order chi connectivity index (χ1) is 8.66. The smallest absolute Gasteiger partial charge is 0.220 e. The van der Waals surface area contributed by atoms with Gasteiger partial charge in [0, 0.05) is 18.0 Å². The summed E-state index contributed by atoms with van der Waals surface area (Å²) in [5, 5.41) is 3.02. The number of benzene rings is 1. The second kappa shape index (κ2) is 4.39. The number of carbonyl (C=O) groups excluding carboxylic acids is 1. The van der Waals surface area contributed by atoms with Gasteiger partial charge in [0.15, 0.2) is 0 Å². The summed E-state index contributed by atoms with van der Waals surface area (Å²) in [7, 11) is 0. The van der Waals surface area contributed by atoms with Crippen LogP contribution in [0, 0.1) is 0 Å². The van der Waals surface area contributed by atoms with Gasteiger partial charge in [-0.3, -0.25) is 4.79 Å². The van der Waals surface area contributed by atoms with Crippen LogP contribution in [0.1, 0.15) is 43.2 Å². The normalized spacial score (nSPS) is 20.5. The number of nitrogens with two attached hydrogens (primary N) is 1. The van der Waals surface area contributed by atoms with Gasteiger partial charge in [0.25, 0.3) is 0 Å². The van der Waals surface area contributed by atoms with Gasteiger partial charge in [0.1, 0.15) is 0 Å². The van der Waals surface area contributed by atoms with Crippen LogP contribution < -0.4 is 11.1 Å². The number of carbonyl (C=O) groups is 1. The molecular weight excluding hydrogens is 224 g/mol. The highest BCUT2D eigenvalue weighted by molar-refractivity contribution is 5.76. The Hall–Kier alpha value is -1.35. The van der Waals surface area contributed by atoms with E-state index in [1.165, 1.54) is 11.1 Å². The zero-order valence-electron chi connectivity index (χ0n) is 10.6. The summed E-state index contributed by atoms with van der Waals surface area (Å²) < 4.78 is 0. The molecule has 3 rings (SSSR count). The average Bonchev–Trinajstić information content (AvgIpc) is 3.26. The molecule has 0 bridgehead atoms. The highest BCUT2D eigenvalue weighted by atomic mass is 16.1. The molecule has 96 valence electrons. The van der Waals surface area contributed by atoms with Gasteiger partial charge in [-0.1, -0.05) is 24.3 Å². The van der Waals surface area contributed by atoms with E-state index in [4.69, 9.17) is 5.73 Å². The Morgan fingerprint density at radius 1 is 1.39 bits per heavy atom. The molecule has 3 nitrogen and oxygen atoms in total. The Morgan fingerprint density at radius 3 is 2.83 bits per heavy atom. The lowest BCUT2D eigenvalue weighted by atomic mass is 10.0. The first-order valence-corrected chi connectivity index (χ1v) is 6.83. The molecule has 1 aromatic rings. The van der Waals surface area contributed by atoms with Crippen molar-refractivity contribution in [2.45, 2.75) is 50.1 Å². The number of rotatable bonds is 5. The highest BCUT2D eigenvalue weighted by Gasteiger charge is 2.39. The molecule has 2 aliphatic carbocycles. The van der Waals surface area contributed by atoms with Crippen molar-refractivity contribution in [2.75, 3.05) is 0 Å². The molecule has 2 saturated carbocycles. The monoisotopic (exact) mass is 244 g/mol. The average molecular weight is 244 g/mol. The summed E-state index contributed by atoms with van der Waals surface area (Å²) in [6.45, 7) is 0. The summed E-state index contributed by atoms with van der Waals surface area (Å²) in [6.07, 6.45) is 5.85. The van der Waals surface area contributed by atoms with Gasteiger partial charge in [0.2, 0.25) is 5.91 Å². The topological polar surface area (TPSA) is 55.1 Å². The molecule has 1 aromatic carbocycles. The van der Waals surface area contributed by atoms with Crippen molar-refractivity contribution in [3.63, 3.8) is 0 Å². The molecule has 0 spiro atoms. The van der Waals surface area contributed by atoms with Gasteiger partial charge in [0.05, 0.1) is 0 Å². The maximum absolute atomic E-state index is 11.6. The Kier molecular flexibility index (Phi) is 2.86. The minimum absolute atomic E-state index is 0.0771. The second-order valence-corrected chi connectivity index (χ2v) is 5.70. The fourth-order valence-corrected chi connectivity index (χ4v) is 2.25. The Bertz CT molecular complexity index is 461. The molecule has 3 heteroatoms. The van der Waals surface area contributed by atoms with E-state index in [0.717, 1.165) is 32.1 Å². The van der Waals surface area contributed by atoms with E-state index in [9.17, 15) is 4.79 Å². The van der Waals surface area contributed by atoms with Gasteiger partial charge in [-0.05, 0) is 43.2 Å². The lowest BCUT2D eigenvalue weighted by Crippen LogP contribution is -2.25. The molecule has 3 N–H and O–H groups in total. The van der Waals surface area contributed by atoms with Crippen molar-refractivity contribution in [2.24, 2.45) is 5.73 Å². The van der Waals surface area contributed by atoms with Crippen LogP contribution in [0.4, 0.5) is 0 Å². The van der Waals surface area contributed by atoms with Crippen molar-refractivity contribution in [3.05, 3.63) is 35.4 Å². The molecule has 0 saturated heterocycles. The fraction of sp³-hybridized carbons (Fsp3) is 0.533. The maximum atomic E-state index is 11.6. The van der Waals surface area contributed by atoms with Gasteiger partial charge in [-0.2, -0.15) is 0 Å². The van der Waals surface area contributed by atoms with Crippen LogP contribution in [0.5, 0.6) is 0 Å². The predicted molar refractivity (Wildman–Crippen MR) is 71.0 cm³/mol. The van der Waals surface area contributed by atoms with E-state index >= 15 is 0 Å². The van der Waals surface area contributed by atoms with Crippen LogP contribution in [0.25, 0.3) is 0 Å². The molecule has 2 fully saturated rings. The Balaban J connectivity index is 1.56. The number of aryl methyl sites for hydroxylation is 1. The van der Waals surface area contributed by atoms with Crippen molar-refractivity contribution < 1.29 is 4.79 Å². The SMILES string of the molecule is NC1(c2cccc(CCC(=O)NC3CC3)c2)CC1. The molecule has 18 heavy (non-hydrogen) atoms. The third-order valence-electron chi connectivity index (χ3n) is 3.87. The van der Waals surface area contributed by atoms with Gasteiger partial charge in [-0.25, -0.2) is 0 Å². The first-order valence-electron chi connectivity index (χ1n) is 6.83. The number of hydrogen-bond acceptors (Lipinski definition) is 2. The predicted octanol–water partition coefficient (Wildman–Crippen LogP) is 1.85. The second-order valence-electron chi connectivity index (χ2n) is 5.70. The minimum Gasteiger partial charge on any atom is -0.353 e. The van der Waals surface area contributed by atoms with Gasteiger partial charge < -0.3 is 11.1 Å². The van der Waals surface area contributed by atoms with Crippen molar-refractivity contribution in [1.82, 2.24) is 5.32 Å². The highest BCUT2D eigenvalue weighted by Crippen LogP contribution is 2.42. The molecular formula is C15H20N2O. The lowest BCUT2D eigenvalue weighted by Gasteiger charge is -2.11. The standard InChI is InChI=1S/C15H20N2O/c16-15(8-9-15)12-3-1-2-11(10-12)4-7-14(18)17-13-5-6-13/h1-3,10,13H,4-9,16H2,(H,17,18). The zero-order chi connectivity index (χ0) is 12.6. The fourth-order valence-electron chi connectivity index (χ4n) is 2.25. The van der Waals surface area contributed by atoms with Gasteiger partial charge >= 0.3 is 0 Å². The molecule has 0 atom stereocenters. The maximum Gasteiger partial charge on any atom is 0.220 e. The first kappa shape index (κ1) is 11.7. The molecule has 0 radical (unpaired) electrons. The summed E-state index contributed by atoms with van der Waals surface area (Å²) in [6, 6.07) is 8.86. The Morgan fingerprint density at radius 2 is 2.17 bits per heavy atom. The zero-order valence-corrected chi connectivity index (χ0v) is 10.6. The third-order valence-corrected chi connectivity index (χ3v) is 3.87. The van der Waals surface area contributed by atoms with Crippen molar-refractivity contribution in [1.29, 1.82) is 0 Å². The molecule has 1 amide bonds. The largest absolute Gasteiger partial charge is 0.353 e. The Labute approximate surface area is 108 Å². The van der Waals surface area contributed by atoms with E-state index in [1.54, 1.807) is 0 Å². The summed E-state index contributed by atoms with van der Waals surface area (Å²) >= 11 is 0. The van der Waals surface area contributed by atoms with E-state index in [1.807, 2.05) is 0 Å². The van der Waals surface area contributed by atoms with Crippen LogP contribution in [-0.2, 0) is 16.8 Å².